The SMILES string of the molecule is CN(N=Cc1ccc(Oc2ccc3c(c2)OCO3)cc1)C(N)=O. The standard InChI is InChI=1S/C16H15N3O4/c1-19(16(17)20)18-9-11-2-4-12(5-3-11)23-13-6-7-14-15(8-13)22-10-21-14/h2-9H,10H2,1H3,(H2,17,20). The molecule has 2 aromatic rings. The minimum absolute atomic E-state index is 0.229. The molecule has 0 spiro atoms. The monoisotopic (exact) mass is 313 g/mol. The number of hydrogen-bond acceptors (Lipinski definition) is 5. The highest BCUT2D eigenvalue weighted by Crippen LogP contribution is 2.36. The number of ether oxygens (including phenoxy) is 3. The van der Waals surface area contributed by atoms with E-state index in [1.807, 2.05) is 18.2 Å². The Morgan fingerprint density at radius 2 is 1.87 bits per heavy atom. The number of primary amides is 1. The van der Waals surface area contributed by atoms with Gasteiger partial charge in [-0.05, 0) is 42.0 Å². The molecule has 7 heteroatoms. The summed E-state index contributed by atoms with van der Waals surface area (Å²) in [6, 6.07) is 12.0. The molecular formula is C16H15N3O4. The molecule has 0 saturated carbocycles. The van der Waals surface area contributed by atoms with Gasteiger partial charge in [-0.1, -0.05) is 0 Å². The molecule has 1 aliphatic rings. The van der Waals surface area contributed by atoms with Crippen LogP contribution < -0.4 is 19.9 Å². The second-order valence-corrected chi connectivity index (χ2v) is 4.79. The highest BCUT2D eigenvalue weighted by atomic mass is 16.7. The second-order valence-electron chi connectivity index (χ2n) is 4.79. The Balaban J connectivity index is 1.67. The van der Waals surface area contributed by atoms with E-state index >= 15 is 0 Å². The Morgan fingerprint density at radius 1 is 1.17 bits per heavy atom. The lowest BCUT2D eigenvalue weighted by Crippen LogP contribution is -2.27. The van der Waals surface area contributed by atoms with Gasteiger partial charge in [-0.15, -0.1) is 0 Å². The minimum atomic E-state index is -0.621. The zero-order valence-electron chi connectivity index (χ0n) is 12.4. The van der Waals surface area contributed by atoms with E-state index in [0.717, 1.165) is 10.6 Å². The predicted octanol–water partition coefficient (Wildman–Crippen LogP) is 2.55. The van der Waals surface area contributed by atoms with Crippen LogP contribution in [-0.2, 0) is 0 Å². The number of hydrogen-bond donors (Lipinski definition) is 1. The Hall–Kier alpha value is -3.22. The largest absolute Gasteiger partial charge is 0.457 e. The van der Waals surface area contributed by atoms with Crippen molar-refractivity contribution in [1.82, 2.24) is 5.01 Å². The van der Waals surface area contributed by atoms with Gasteiger partial charge in [0, 0.05) is 13.1 Å². The highest BCUT2D eigenvalue weighted by molar-refractivity contribution is 5.81. The van der Waals surface area contributed by atoms with Crippen LogP contribution in [0.3, 0.4) is 0 Å². The normalized spacial score (nSPS) is 12.4. The maximum atomic E-state index is 10.9. The van der Waals surface area contributed by atoms with E-state index in [1.54, 1.807) is 24.3 Å². The van der Waals surface area contributed by atoms with Crippen molar-refractivity contribution in [2.75, 3.05) is 13.8 Å². The zero-order valence-corrected chi connectivity index (χ0v) is 12.4. The summed E-state index contributed by atoms with van der Waals surface area (Å²) in [6.07, 6.45) is 1.54. The molecule has 0 aliphatic carbocycles. The first-order chi connectivity index (χ1) is 11.1. The van der Waals surface area contributed by atoms with Crippen molar-refractivity contribution in [3.8, 4) is 23.0 Å². The fourth-order valence-electron chi connectivity index (χ4n) is 1.91. The van der Waals surface area contributed by atoms with Crippen LogP contribution in [0, 0.1) is 0 Å². The molecule has 0 atom stereocenters. The minimum Gasteiger partial charge on any atom is -0.457 e. The molecule has 7 nitrogen and oxygen atoms in total. The van der Waals surface area contributed by atoms with Crippen molar-refractivity contribution in [2.45, 2.75) is 0 Å². The fourth-order valence-corrected chi connectivity index (χ4v) is 1.91. The molecule has 1 aliphatic heterocycles. The van der Waals surface area contributed by atoms with E-state index in [0.29, 0.717) is 23.0 Å². The van der Waals surface area contributed by atoms with Gasteiger partial charge in [-0.3, -0.25) is 0 Å². The summed E-state index contributed by atoms with van der Waals surface area (Å²) in [4.78, 5) is 10.9. The van der Waals surface area contributed by atoms with Gasteiger partial charge in [-0.2, -0.15) is 5.10 Å². The van der Waals surface area contributed by atoms with Gasteiger partial charge in [0.05, 0.1) is 6.21 Å². The molecule has 2 amide bonds. The molecule has 2 aromatic carbocycles. The summed E-state index contributed by atoms with van der Waals surface area (Å²) in [5, 5.41) is 4.96. The molecule has 0 bridgehead atoms. The molecule has 0 unspecified atom stereocenters. The molecule has 2 N–H and O–H groups in total. The van der Waals surface area contributed by atoms with Crippen LogP contribution in [0.2, 0.25) is 0 Å². The zero-order chi connectivity index (χ0) is 16.2. The third-order valence-electron chi connectivity index (χ3n) is 3.16. The van der Waals surface area contributed by atoms with Gasteiger partial charge < -0.3 is 19.9 Å². The van der Waals surface area contributed by atoms with Gasteiger partial charge in [0.25, 0.3) is 0 Å². The van der Waals surface area contributed by atoms with E-state index in [-0.39, 0.29) is 6.79 Å². The molecule has 0 fully saturated rings. The third-order valence-corrected chi connectivity index (χ3v) is 3.16. The van der Waals surface area contributed by atoms with Crippen molar-refractivity contribution in [3.63, 3.8) is 0 Å². The Morgan fingerprint density at radius 3 is 2.61 bits per heavy atom. The molecule has 1 heterocycles. The average Bonchev–Trinajstić information content (AvgIpc) is 3.01. The highest BCUT2D eigenvalue weighted by Gasteiger charge is 2.13. The van der Waals surface area contributed by atoms with Crippen LogP contribution in [0.5, 0.6) is 23.0 Å². The number of nitrogens with two attached hydrogens (primary N) is 1. The van der Waals surface area contributed by atoms with Gasteiger partial charge in [0.2, 0.25) is 6.79 Å². The maximum absolute atomic E-state index is 10.9. The molecule has 0 aromatic heterocycles. The predicted molar refractivity (Wildman–Crippen MR) is 84.0 cm³/mol. The van der Waals surface area contributed by atoms with Crippen molar-refractivity contribution >= 4 is 12.2 Å². The van der Waals surface area contributed by atoms with Crippen LogP contribution in [-0.4, -0.2) is 31.1 Å². The summed E-state index contributed by atoms with van der Waals surface area (Å²) >= 11 is 0. The van der Waals surface area contributed by atoms with Gasteiger partial charge in [0.1, 0.15) is 11.5 Å². The summed E-state index contributed by atoms with van der Waals surface area (Å²) in [7, 11) is 1.48. The molecule has 0 saturated heterocycles. The number of urea groups is 1. The van der Waals surface area contributed by atoms with Gasteiger partial charge in [0.15, 0.2) is 11.5 Å². The first kappa shape index (κ1) is 14.7. The molecule has 23 heavy (non-hydrogen) atoms. The van der Waals surface area contributed by atoms with Crippen LogP contribution in [0.15, 0.2) is 47.6 Å². The van der Waals surface area contributed by atoms with Gasteiger partial charge >= 0.3 is 6.03 Å². The summed E-state index contributed by atoms with van der Waals surface area (Å²) in [5.41, 5.74) is 5.90. The van der Waals surface area contributed by atoms with E-state index < -0.39 is 6.03 Å². The lowest BCUT2D eigenvalue weighted by molar-refractivity contribution is 0.174. The Bertz CT molecular complexity index is 743. The summed E-state index contributed by atoms with van der Waals surface area (Å²) in [6.45, 7) is 0.229. The molecule has 3 rings (SSSR count). The maximum Gasteiger partial charge on any atom is 0.334 e. The van der Waals surface area contributed by atoms with Crippen LogP contribution >= 0.6 is 0 Å². The number of fused-ring (bicyclic) bond motifs is 1. The number of nitrogens with zero attached hydrogens (tertiary/aromatic N) is 2. The first-order valence-electron chi connectivity index (χ1n) is 6.86. The number of hydrazone groups is 1. The van der Waals surface area contributed by atoms with Crippen LogP contribution in [0.4, 0.5) is 4.79 Å². The second kappa shape index (κ2) is 6.27. The van der Waals surface area contributed by atoms with Crippen molar-refractivity contribution in [3.05, 3.63) is 48.0 Å². The Labute approximate surface area is 132 Å². The van der Waals surface area contributed by atoms with E-state index in [2.05, 4.69) is 5.10 Å². The number of carbonyl (C=O) groups is 1. The molecule has 118 valence electrons. The molecule has 0 radical (unpaired) electrons. The average molecular weight is 313 g/mol. The number of rotatable bonds is 4. The van der Waals surface area contributed by atoms with E-state index in [1.165, 1.54) is 13.3 Å². The van der Waals surface area contributed by atoms with Crippen LogP contribution in [0.25, 0.3) is 0 Å². The molecular weight excluding hydrogens is 298 g/mol. The topological polar surface area (TPSA) is 86.4 Å². The van der Waals surface area contributed by atoms with Crippen molar-refractivity contribution < 1.29 is 19.0 Å². The first-order valence-corrected chi connectivity index (χ1v) is 6.86. The lowest BCUT2D eigenvalue weighted by Gasteiger charge is -2.07. The van der Waals surface area contributed by atoms with Crippen molar-refractivity contribution in [2.24, 2.45) is 10.8 Å². The third kappa shape index (κ3) is 3.52. The van der Waals surface area contributed by atoms with E-state index in [4.69, 9.17) is 19.9 Å². The van der Waals surface area contributed by atoms with Crippen molar-refractivity contribution in [1.29, 1.82) is 0 Å². The summed E-state index contributed by atoms with van der Waals surface area (Å²) < 4.78 is 16.3. The Kier molecular flexibility index (Phi) is 4.01. The fraction of sp³-hybridized carbons (Fsp3) is 0.125. The number of amides is 2. The lowest BCUT2D eigenvalue weighted by atomic mass is 10.2. The van der Waals surface area contributed by atoms with E-state index in [9.17, 15) is 4.79 Å². The number of benzene rings is 2. The summed E-state index contributed by atoms with van der Waals surface area (Å²) in [5.74, 6) is 2.71. The van der Waals surface area contributed by atoms with Gasteiger partial charge in [-0.25, -0.2) is 9.80 Å². The van der Waals surface area contributed by atoms with Crippen LogP contribution in [0.1, 0.15) is 5.56 Å². The smallest absolute Gasteiger partial charge is 0.334 e. The number of carbonyl (C=O) groups excluding carboxylic acids is 1. The quantitative estimate of drug-likeness (QED) is 0.694.